The molecule has 23 heavy (non-hydrogen) atoms. The van der Waals surface area contributed by atoms with E-state index in [-0.39, 0.29) is 0 Å². The average Bonchev–Trinajstić information content (AvgIpc) is 2.52. The molecule has 4 rings (SSSR count). The Morgan fingerprint density at radius 1 is 0.870 bits per heavy atom. The first-order valence-electron chi connectivity index (χ1n) is 7.52. The molecule has 0 amide bonds. The second-order valence-corrected chi connectivity index (χ2v) is 6.82. The van der Waals surface area contributed by atoms with Crippen LogP contribution in [-0.4, -0.2) is 5.11 Å². The highest BCUT2D eigenvalue weighted by Crippen LogP contribution is 2.51. The molecule has 0 atom stereocenters. The number of phenolic OH excluding ortho intramolecular Hbond substituents is 1. The van der Waals surface area contributed by atoms with Gasteiger partial charge in [-0.3, -0.25) is 0 Å². The summed E-state index contributed by atoms with van der Waals surface area (Å²) in [7, 11) is 0. The van der Waals surface area contributed by atoms with E-state index in [4.69, 9.17) is 4.74 Å². The van der Waals surface area contributed by atoms with Crippen LogP contribution in [-0.2, 0) is 0 Å². The number of hydrogen-bond donors (Lipinski definition) is 1. The lowest BCUT2D eigenvalue weighted by molar-refractivity contribution is 0.456. The molecule has 0 saturated carbocycles. The van der Waals surface area contributed by atoms with E-state index in [1.54, 1.807) is 23.9 Å². The molecular formula is C20H16O2S. The zero-order valence-electron chi connectivity index (χ0n) is 13.0. The van der Waals surface area contributed by atoms with Gasteiger partial charge in [0.2, 0.25) is 0 Å². The summed E-state index contributed by atoms with van der Waals surface area (Å²) in [6.45, 7) is 4.04. The van der Waals surface area contributed by atoms with Crippen molar-refractivity contribution in [1.82, 2.24) is 0 Å². The van der Waals surface area contributed by atoms with Crippen LogP contribution in [0, 0.1) is 13.8 Å². The monoisotopic (exact) mass is 320 g/mol. The third kappa shape index (κ3) is 2.37. The van der Waals surface area contributed by atoms with E-state index < -0.39 is 0 Å². The predicted octanol–water partition coefficient (Wildman–Crippen LogP) is 5.93. The summed E-state index contributed by atoms with van der Waals surface area (Å²) in [4.78, 5) is 2.25. The molecule has 0 unspecified atom stereocenters. The van der Waals surface area contributed by atoms with E-state index in [9.17, 15) is 5.11 Å². The van der Waals surface area contributed by atoms with Crippen molar-refractivity contribution in [1.29, 1.82) is 0 Å². The van der Waals surface area contributed by atoms with Gasteiger partial charge >= 0.3 is 0 Å². The molecule has 114 valence electrons. The molecule has 0 aromatic heterocycles. The van der Waals surface area contributed by atoms with Crippen LogP contribution in [0.15, 0.2) is 64.4 Å². The Morgan fingerprint density at radius 3 is 2.35 bits per heavy atom. The van der Waals surface area contributed by atoms with E-state index in [0.717, 1.165) is 43.5 Å². The Bertz CT molecular complexity index is 892. The maximum Gasteiger partial charge on any atom is 0.149 e. The molecule has 0 radical (unpaired) electrons. The Morgan fingerprint density at radius 2 is 1.57 bits per heavy atom. The van der Waals surface area contributed by atoms with Crippen molar-refractivity contribution in [2.24, 2.45) is 0 Å². The van der Waals surface area contributed by atoms with E-state index in [1.165, 1.54) is 0 Å². The molecule has 0 aliphatic carbocycles. The SMILES string of the molecule is Cc1cc(O)cc(C)c1-c1cccc2c1Oc1ccccc1S2. The topological polar surface area (TPSA) is 29.5 Å². The van der Waals surface area contributed by atoms with Crippen LogP contribution >= 0.6 is 11.8 Å². The molecule has 3 aromatic carbocycles. The zero-order chi connectivity index (χ0) is 16.0. The summed E-state index contributed by atoms with van der Waals surface area (Å²) >= 11 is 1.73. The van der Waals surface area contributed by atoms with Crippen LogP contribution in [0.2, 0.25) is 0 Å². The molecule has 1 N–H and O–H groups in total. The minimum Gasteiger partial charge on any atom is -0.508 e. The van der Waals surface area contributed by atoms with Crippen LogP contribution < -0.4 is 4.74 Å². The smallest absolute Gasteiger partial charge is 0.149 e. The number of benzene rings is 3. The number of aromatic hydroxyl groups is 1. The van der Waals surface area contributed by atoms with Gasteiger partial charge in [-0.05, 0) is 60.9 Å². The number of hydrogen-bond acceptors (Lipinski definition) is 3. The lowest BCUT2D eigenvalue weighted by atomic mass is 9.94. The fraction of sp³-hybridized carbons (Fsp3) is 0.100. The van der Waals surface area contributed by atoms with Gasteiger partial charge in [-0.1, -0.05) is 36.0 Å². The molecular weight excluding hydrogens is 304 g/mol. The van der Waals surface area contributed by atoms with Crippen molar-refractivity contribution in [2.45, 2.75) is 23.6 Å². The fourth-order valence-corrected chi connectivity index (χ4v) is 4.10. The van der Waals surface area contributed by atoms with Crippen molar-refractivity contribution >= 4 is 11.8 Å². The third-order valence-corrected chi connectivity index (χ3v) is 5.15. The summed E-state index contributed by atoms with van der Waals surface area (Å²) in [5.41, 5.74) is 4.28. The van der Waals surface area contributed by atoms with Crippen LogP contribution in [0.3, 0.4) is 0 Å². The van der Waals surface area contributed by atoms with Crippen LogP contribution in [0.4, 0.5) is 0 Å². The van der Waals surface area contributed by atoms with Gasteiger partial charge in [0.05, 0.1) is 9.79 Å². The van der Waals surface area contributed by atoms with Gasteiger partial charge in [0, 0.05) is 5.56 Å². The van der Waals surface area contributed by atoms with Gasteiger partial charge < -0.3 is 9.84 Å². The standard InChI is InChI=1S/C20H16O2S/c1-12-10-14(21)11-13(2)19(12)15-6-5-9-18-20(15)22-16-7-3-4-8-17(16)23-18/h3-11,21H,1-2H3. The summed E-state index contributed by atoms with van der Waals surface area (Å²) in [6.07, 6.45) is 0. The Hall–Kier alpha value is -2.39. The largest absolute Gasteiger partial charge is 0.508 e. The molecule has 3 heteroatoms. The van der Waals surface area contributed by atoms with E-state index >= 15 is 0 Å². The molecule has 0 fully saturated rings. The first-order chi connectivity index (χ1) is 11.1. The highest BCUT2D eigenvalue weighted by Gasteiger charge is 2.22. The van der Waals surface area contributed by atoms with Crippen LogP contribution in [0.25, 0.3) is 11.1 Å². The van der Waals surface area contributed by atoms with Gasteiger partial charge in [-0.25, -0.2) is 0 Å². The van der Waals surface area contributed by atoms with E-state index in [0.29, 0.717) is 5.75 Å². The first kappa shape index (κ1) is 14.2. The molecule has 0 saturated heterocycles. The minimum absolute atomic E-state index is 0.300. The third-order valence-electron chi connectivity index (χ3n) is 4.05. The van der Waals surface area contributed by atoms with Crippen molar-refractivity contribution in [3.8, 4) is 28.4 Å². The summed E-state index contributed by atoms with van der Waals surface area (Å²) < 4.78 is 6.22. The Balaban J connectivity index is 1.91. The van der Waals surface area contributed by atoms with Gasteiger partial charge in [0.25, 0.3) is 0 Å². The highest BCUT2D eigenvalue weighted by atomic mass is 32.2. The molecule has 0 spiro atoms. The van der Waals surface area contributed by atoms with Gasteiger partial charge in [-0.15, -0.1) is 0 Å². The number of rotatable bonds is 1. The number of phenols is 1. The molecule has 3 aromatic rings. The molecule has 1 heterocycles. The minimum atomic E-state index is 0.300. The fourth-order valence-electron chi connectivity index (χ4n) is 3.11. The quantitative estimate of drug-likeness (QED) is 0.471. The number of fused-ring (bicyclic) bond motifs is 2. The average molecular weight is 320 g/mol. The van der Waals surface area contributed by atoms with Crippen LogP contribution in [0.5, 0.6) is 17.2 Å². The van der Waals surface area contributed by atoms with Crippen molar-refractivity contribution in [2.75, 3.05) is 0 Å². The van der Waals surface area contributed by atoms with Crippen molar-refractivity contribution in [3.63, 3.8) is 0 Å². The maximum absolute atomic E-state index is 9.80. The van der Waals surface area contributed by atoms with Gasteiger partial charge in [-0.2, -0.15) is 0 Å². The second-order valence-electron chi connectivity index (χ2n) is 5.74. The van der Waals surface area contributed by atoms with E-state index in [1.807, 2.05) is 32.0 Å². The number of para-hydroxylation sites is 2. The second kappa shape index (κ2) is 5.36. The zero-order valence-corrected chi connectivity index (χ0v) is 13.8. The lowest BCUT2D eigenvalue weighted by Gasteiger charge is -2.23. The predicted molar refractivity (Wildman–Crippen MR) is 93.7 cm³/mol. The van der Waals surface area contributed by atoms with E-state index in [2.05, 4.69) is 24.3 Å². The number of aryl methyl sites for hydroxylation is 2. The van der Waals surface area contributed by atoms with Gasteiger partial charge in [0.1, 0.15) is 17.2 Å². The lowest BCUT2D eigenvalue weighted by Crippen LogP contribution is -1.98. The molecule has 1 aliphatic rings. The first-order valence-corrected chi connectivity index (χ1v) is 8.33. The Labute approximate surface area is 139 Å². The summed E-state index contributed by atoms with van der Waals surface area (Å²) in [5.74, 6) is 2.09. The maximum atomic E-state index is 9.80. The summed E-state index contributed by atoms with van der Waals surface area (Å²) in [6, 6.07) is 17.9. The van der Waals surface area contributed by atoms with Crippen molar-refractivity contribution < 1.29 is 9.84 Å². The van der Waals surface area contributed by atoms with Gasteiger partial charge in [0.15, 0.2) is 0 Å². The van der Waals surface area contributed by atoms with Crippen LogP contribution in [0.1, 0.15) is 11.1 Å². The molecule has 0 bridgehead atoms. The van der Waals surface area contributed by atoms with Crippen molar-refractivity contribution in [3.05, 3.63) is 65.7 Å². The number of ether oxygens (including phenoxy) is 1. The Kier molecular flexibility index (Phi) is 3.31. The molecule has 2 nitrogen and oxygen atoms in total. The molecule has 1 aliphatic heterocycles. The summed E-state index contributed by atoms with van der Waals surface area (Å²) in [5, 5.41) is 9.80. The highest BCUT2D eigenvalue weighted by molar-refractivity contribution is 7.99. The normalized spacial score (nSPS) is 12.3.